The first-order valence-corrected chi connectivity index (χ1v) is 12.8. The van der Waals surface area contributed by atoms with Crippen LogP contribution in [0.2, 0.25) is 0 Å². The van der Waals surface area contributed by atoms with Gasteiger partial charge in [0.15, 0.2) is 14.9 Å². The van der Waals surface area contributed by atoms with Gasteiger partial charge in [-0.1, -0.05) is 0 Å². The molecule has 6 rings (SSSR count). The Hall–Kier alpha value is -2.60. The maximum Gasteiger partial charge on any atom is 0.354 e. The number of pyridine rings is 1. The Morgan fingerprint density at radius 3 is 2.70 bits per heavy atom. The molecule has 3 N–H and O–H groups in total. The molecule has 1 unspecified atom stereocenters. The Kier molecular flexibility index (Phi) is 4.57. The number of anilines is 1. The van der Waals surface area contributed by atoms with E-state index in [-0.39, 0.29) is 28.5 Å². The molecule has 4 aliphatic rings. The molecule has 0 aromatic carbocycles. The molecule has 1 atom stereocenters. The average Bonchev–Trinajstić information content (AvgIpc) is 3.11. The third-order valence-corrected chi connectivity index (χ3v) is 8.50. The summed E-state index contributed by atoms with van der Waals surface area (Å²) in [7, 11) is -3.87. The maximum atomic E-state index is 13.4. The number of carbonyl (C=O) groups excluding carboxylic acids is 1. The fourth-order valence-corrected chi connectivity index (χ4v) is 6.58. The van der Waals surface area contributed by atoms with E-state index >= 15 is 0 Å². The van der Waals surface area contributed by atoms with Gasteiger partial charge in [0.25, 0.3) is 0 Å². The van der Waals surface area contributed by atoms with Crippen LogP contribution in [0.25, 0.3) is 0 Å². The number of hydrogen-bond acceptors (Lipinski definition) is 5. The topological polar surface area (TPSA) is 124 Å². The second-order valence-electron chi connectivity index (χ2n) is 9.23. The van der Waals surface area contributed by atoms with Gasteiger partial charge < -0.3 is 10.1 Å². The van der Waals surface area contributed by atoms with Crippen LogP contribution in [0.1, 0.15) is 66.7 Å². The fraction of sp³-hybridized carbons (Fsp3) is 0.571. The summed E-state index contributed by atoms with van der Waals surface area (Å²) in [5, 5.41) is 12.1. The lowest BCUT2D eigenvalue weighted by Crippen LogP contribution is -2.21. The van der Waals surface area contributed by atoms with Crippen LogP contribution in [0.5, 0.6) is 5.88 Å². The van der Waals surface area contributed by atoms with E-state index in [1.807, 2.05) is 0 Å². The molecule has 3 aliphatic carbocycles. The number of ether oxygens (including phenoxy) is 1. The molecule has 9 nitrogen and oxygen atoms in total. The number of hydrogen-bond donors (Lipinski definition) is 2. The molecule has 2 amide bonds. The highest BCUT2D eigenvalue weighted by Gasteiger charge is 2.51. The Morgan fingerprint density at radius 1 is 1.15 bits per heavy atom. The van der Waals surface area contributed by atoms with Gasteiger partial charge in [0, 0.05) is 11.1 Å². The maximum absolute atomic E-state index is 13.4. The third-order valence-electron chi connectivity index (χ3n) is 7.18. The van der Waals surface area contributed by atoms with Crippen molar-refractivity contribution in [1.82, 2.24) is 14.8 Å². The SMILES string of the molecule is NS(=O)(=NC(=O)Nc1c2c(nc3c1CCC31CC1)CCC2)c1nn(C(F)F)c2c1CCCO2. The van der Waals surface area contributed by atoms with Gasteiger partial charge in [0.1, 0.15) is 0 Å². The van der Waals surface area contributed by atoms with Crippen molar-refractivity contribution in [3.05, 3.63) is 28.1 Å². The highest BCUT2D eigenvalue weighted by molar-refractivity contribution is 7.91. The summed E-state index contributed by atoms with van der Waals surface area (Å²) >= 11 is 0. The Bertz CT molecular complexity index is 1310. The van der Waals surface area contributed by atoms with Crippen LogP contribution < -0.4 is 15.2 Å². The summed E-state index contributed by atoms with van der Waals surface area (Å²) < 4.78 is 49.4. The van der Waals surface area contributed by atoms with Gasteiger partial charge in [0.05, 0.1) is 23.6 Å². The lowest BCUT2D eigenvalue weighted by molar-refractivity contribution is 0.0432. The van der Waals surface area contributed by atoms with Crippen LogP contribution >= 0.6 is 0 Å². The lowest BCUT2D eigenvalue weighted by Gasteiger charge is -2.16. The lowest BCUT2D eigenvalue weighted by atomic mass is 10.0. The first-order valence-electron chi connectivity index (χ1n) is 11.2. The standard InChI is InChI=1S/C21H24F2N6O3S/c22-19(23)29-18-13(4-2-10-32-18)17(27-29)33(24,31)28-20(30)26-15-11-3-1-5-14(11)25-16-12(15)6-7-21(16)8-9-21/h19H,1-10H2,(H3,24,25,26,28,30,31). The number of nitrogens with one attached hydrogen (secondary N) is 1. The number of nitrogens with zero attached hydrogens (tertiary/aromatic N) is 4. The number of halogens is 2. The van der Waals surface area contributed by atoms with Crippen molar-refractivity contribution in [1.29, 1.82) is 0 Å². The van der Waals surface area contributed by atoms with Gasteiger partial charge in [-0.15, -0.1) is 4.36 Å². The van der Waals surface area contributed by atoms with Crippen molar-refractivity contribution in [2.45, 2.75) is 74.8 Å². The first-order chi connectivity index (χ1) is 15.8. The number of fused-ring (bicyclic) bond motifs is 4. The number of rotatable bonds is 3. The molecule has 1 aliphatic heterocycles. The number of nitrogens with two attached hydrogens (primary N) is 1. The molecule has 2 aromatic heterocycles. The predicted molar refractivity (Wildman–Crippen MR) is 115 cm³/mol. The van der Waals surface area contributed by atoms with Gasteiger partial charge in [-0.05, 0) is 68.9 Å². The van der Waals surface area contributed by atoms with E-state index in [2.05, 4.69) is 14.8 Å². The minimum Gasteiger partial charge on any atom is -0.477 e. The van der Waals surface area contributed by atoms with E-state index in [0.29, 0.717) is 23.2 Å². The molecule has 1 spiro atoms. The Morgan fingerprint density at radius 2 is 1.94 bits per heavy atom. The number of aryl methyl sites for hydroxylation is 1. The van der Waals surface area contributed by atoms with Crippen molar-refractivity contribution in [3.8, 4) is 5.88 Å². The van der Waals surface area contributed by atoms with E-state index in [1.165, 1.54) is 0 Å². The molecule has 1 saturated carbocycles. The van der Waals surface area contributed by atoms with Crippen molar-refractivity contribution >= 4 is 21.6 Å². The molecule has 12 heteroatoms. The summed E-state index contributed by atoms with van der Waals surface area (Å²) in [6, 6.07) is -0.876. The third kappa shape index (κ3) is 3.25. The summed E-state index contributed by atoms with van der Waals surface area (Å²) in [4.78, 5) is 17.9. The van der Waals surface area contributed by atoms with Crippen LogP contribution in [0.4, 0.5) is 19.3 Å². The zero-order chi connectivity index (χ0) is 23.0. The van der Waals surface area contributed by atoms with Gasteiger partial charge >= 0.3 is 12.6 Å². The van der Waals surface area contributed by atoms with Gasteiger partial charge in [-0.25, -0.2) is 14.1 Å². The molecule has 3 heterocycles. The molecular weight excluding hydrogens is 454 g/mol. The van der Waals surface area contributed by atoms with Gasteiger partial charge in [-0.2, -0.15) is 18.6 Å². The quantitative estimate of drug-likeness (QED) is 0.700. The van der Waals surface area contributed by atoms with Crippen molar-refractivity contribution in [3.63, 3.8) is 0 Å². The molecule has 0 radical (unpaired) electrons. The van der Waals surface area contributed by atoms with Crippen LogP contribution in [0.3, 0.4) is 0 Å². The number of alkyl halides is 2. The van der Waals surface area contributed by atoms with Crippen LogP contribution in [-0.2, 0) is 41.0 Å². The number of aromatic nitrogens is 3. The van der Waals surface area contributed by atoms with Crippen LogP contribution in [0, 0.1) is 0 Å². The normalized spacial score (nSPS) is 21.2. The van der Waals surface area contributed by atoms with Crippen molar-refractivity contribution in [2.75, 3.05) is 11.9 Å². The number of carbonyl (C=O) groups is 1. The smallest absolute Gasteiger partial charge is 0.354 e. The van der Waals surface area contributed by atoms with E-state index in [4.69, 9.17) is 14.9 Å². The largest absolute Gasteiger partial charge is 0.477 e. The van der Waals surface area contributed by atoms with Crippen molar-refractivity contribution < 1.29 is 22.5 Å². The number of amides is 2. The summed E-state index contributed by atoms with van der Waals surface area (Å²) in [5.74, 6) is -0.167. The monoisotopic (exact) mass is 478 g/mol. The van der Waals surface area contributed by atoms with E-state index in [1.54, 1.807) is 0 Å². The van der Waals surface area contributed by atoms with E-state index in [0.717, 1.165) is 67.5 Å². The molecule has 33 heavy (non-hydrogen) atoms. The van der Waals surface area contributed by atoms with Crippen molar-refractivity contribution in [2.24, 2.45) is 9.50 Å². The molecule has 0 bridgehead atoms. The van der Waals surface area contributed by atoms with E-state index < -0.39 is 22.5 Å². The average molecular weight is 479 g/mol. The predicted octanol–water partition coefficient (Wildman–Crippen LogP) is 3.40. The molecule has 176 valence electrons. The fourth-order valence-electron chi connectivity index (χ4n) is 5.46. The first kappa shape index (κ1) is 21.0. The number of urea groups is 1. The van der Waals surface area contributed by atoms with Crippen LogP contribution in [0.15, 0.2) is 9.39 Å². The highest BCUT2D eigenvalue weighted by atomic mass is 32.2. The second-order valence-corrected chi connectivity index (χ2v) is 10.9. The minimum atomic E-state index is -3.87. The summed E-state index contributed by atoms with van der Waals surface area (Å²) in [6.07, 6.45) is 7.55. The van der Waals surface area contributed by atoms with Crippen LogP contribution in [-0.4, -0.2) is 31.6 Å². The Balaban J connectivity index is 1.37. The minimum absolute atomic E-state index is 0.145. The molecular formula is C21H24F2N6O3S. The molecule has 1 fully saturated rings. The summed E-state index contributed by atoms with van der Waals surface area (Å²) in [5.41, 5.74) is 5.20. The Labute approximate surface area is 189 Å². The zero-order valence-electron chi connectivity index (χ0n) is 17.9. The molecule has 0 saturated heterocycles. The van der Waals surface area contributed by atoms with Gasteiger partial charge in [-0.3, -0.25) is 4.98 Å². The second kappa shape index (κ2) is 7.20. The summed E-state index contributed by atoms with van der Waals surface area (Å²) in [6.45, 7) is -2.75. The zero-order valence-corrected chi connectivity index (χ0v) is 18.7. The van der Waals surface area contributed by atoms with E-state index in [9.17, 15) is 17.8 Å². The van der Waals surface area contributed by atoms with Gasteiger partial charge in [0.2, 0.25) is 5.88 Å². The highest BCUT2D eigenvalue weighted by Crippen LogP contribution is 2.58. The molecule has 2 aromatic rings.